The lowest BCUT2D eigenvalue weighted by Gasteiger charge is -2.06. The molecule has 0 amide bonds. The van der Waals surface area contributed by atoms with Gasteiger partial charge in [-0.3, -0.25) is 0 Å². The first kappa shape index (κ1) is 14.8. The summed E-state index contributed by atoms with van der Waals surface area (Å²) in [5.41, 5.74) is 0.476. The van der Waals surface area contributed by atoms with Gasteiger partial charge in [-0.1, -0.05) is 0 Å². The molecule has 2 rings (SSSR count). The predicted molar refractivity (Wildman–Crippen MR) is 78.1 cm³/mol. The summed E-state index contributed by atoms with van der Waals surface area (Å²) in [6.07, 6.45) is 0. The third-order valence-electron chi connectivity index (χ3n) is 1.86. The fraction of sp³-hybridized carbons (Fsp3) is 0. The van der Waals surface area contributed by atoms with Crippen LogP contribution < -0.4 is 0 Å². The summed E-state index contributed by atoms with van der Waals surface area (Å²) in [6.45, 7) is 0. The normalized spacial score (nSPS) is 13.2. The molecule has 86 valence electrons. The van der Waals surface area contributed by atoms with Crippen LogP contribution in [0.25, 0.3) is 0 Å². The van der Waals surface area contributed by atoms with Gasteiger partial charge in [0.1, 0.15) is 0 Å². The number of esters is 2. The molecule has 16 heavy (non-hydrogen) atoms. The van der Waals surface area contributed by atoms with Gasteiger partial charge in [-0.15, -0.1) is 0 Å². The molecule has 0 radical (unpaired) electrons. The first-order valence-corrected chi connectivity index (χ1v) is 6.74. The number of fused-ring (bicyclic) bond motifs is 1. The minimum absolute atomic E-state index is 0. The van der Waals surface area contributed by atoms with E-state index in [9.17, 15) is 9.59 Å². The molecule has 1 unspecified atom stereocenters. The third kappa shape index (κ3) is 2.05. The van der Waals surface area contributed by atoms with Crippen molar-refractivity contribution in [3.05, 3.63) is 29.0 Å². The molecule has 0 aliphatic carbocycles. The van der Waals surface area contributed by atoms with E-state index >= 15 is 0 Å². The molecule has 0 saturated carbocycles. The van der Waals surface area contributed by atoms with Crippen LogP contribution in [0, 0.1) is 0 Å². The molecule has 0 N–H and O–H groups in total. The molecular weight excluding hydrogens is 495 g/mol. The number of carbonyl (C=O) groups is 2. The fourth-order valence-electron chi connectivity index (χ4n) is 1.20. The lowest BCUT2D eigenvalue weighted by Crippen LogP contribution is -1.97. The van der Waals surface area contributed by atoms with E-state index < -0.39 is 11.9 Å². The van der Waals surface area contributed by atoms with Crippen LogP contribution in [-0.4, -0.2) is 11.9 Å². The Balaban J connectivity index is 0.00000128. The Hall–Kier alpha value is 0.710. The van der Waals surface area contributed by atoms with Gasteiger partial charge in [0.25, 0.3) is 0 Å². The van der Waals surface area contributed by atoms with Crippen molar-refractivity contribution in [1.29, 1.82) is 0 Å². The topological polar surface area (TPSA) is 43.4 Å². The van der Waals surface area contributed by atoms with Crippen LogP contribution in [0.3, 0.4) is 0 Å². The summed E-state index contributed by atoms with van der Waals surface area (Å²) < 4.78 is 6.84. The van der Waals surface area contributed by atoms with E-state index in [2.05, 4.69) is 68.5 Å². The van der Waals surface area contributed by atoms with Crippen molar-refractivity contribution in [1.82, 2.24) is 0 Å². The predicted octanol–water partition coefficient (Wildman–Crippen LogP) is 4.11. The highest BCUT2D eigenvalue weighted by atomic mass is 79.9. The molecule has 0 fully saturated rings. The zero-order chi connectivity index (χ0) is 11.3. The molecule has 3 nitrogen and oxygen atoms in total. The summed E-state index contributed by atoms with van der Waals surface area (Å²) in [5, 5.41) is 0. The van der Waals surface area contributed by atoms with Gasteiger partial charge in [0, 0.05) is 17.9 Å². The molecular formula is C8H3Br4O3P. The average molecular weight is 498 g/mol. The fourth-order valence-corrected chi connectivity index (χ4v) is 3.64. The summed E-state index contributed by atoms with van der Waals surface area (Å²) >= 11 is 13.0. The van der Waals surface area contributed by atoms with Gasteiger partial charge in [-0.2, -0.15) is 9.90 Å². The number of hydrogen-bond donors (Lipinski definition) is 0. The van der Waals surface area contributed by atoms with Gasteiger partial charge < -0.3 is 4.74 Å². The van der Waals surface area contributed by atoms with E-state index in [-0.39, 0.29) is 21.0 Å². The minimum atomic E-state index is -0.643. The van der Waals surface area contributed by atoms with Crippen LogP contribution >= 0.6 is 73.6 Å². The van der Waals surface area contributed by atoms with Gasteiger partial charge in [0.15, 0.2) is 0 Å². The average Bonchev–Trinajstić information content (AvgIpc) is 2.47. The molecule has 0 aromatic heterocycles. The maximum atomic E-state index is 11.4. The highest BCUT2D eigenvalue weighted by Gasteiger charge is 2.36. The highest BCUT2D eigenvalue weighted by Crippen LogP contribution is 2.44. The van der Waals surface area contributed by atoms with Crippen LogP contribution in [0.4, 0.5) is 0 Å². The van der Waals surface area contributed by atoms with Gasteiger partial charge in [0.05, 0.1) is 11.1 Å². The Morgan fingerprint density at radius 1 is 0.688 bits per heavy atom. The van der Waals surface area contributed by atoms with Gasteiger partial charge in [-0.25, -0.2) is 9.59 Å². The first-order chi connectivity index (χ1) is 6.95. The second kappa shape index (κ2) is 5.14. The van der Waals surface area contributed by atoms with Crippen LogP contribution in [0.1, 0.15) is 20.7 Å². The molecule has 1 aliphatic heterocycles. The molecule has 0 saturated heterocycles. The minimum Gasteiger partial charge on any atom is -0.386 e. The monoisotopic (exact) mass is 494 g/mol. The van der Waals surface area contributed by atoms with Crippen LogP contribution in [0.5, 0.6) is 0 Å². The van der Waals surface area contributed by atoms with Crippen LogP contribution in [0.2, 0.25) is 0 Å². The van der Waals surface area contributed by atoms with Crippen LogP contribution in [0.15, 0.2) is 17.9 Å². The quantitative estimate of drug-likeness (QED) is 0.178. The number of halogens is 4. The molecule has 0 bridgehead atoms. The van der Waals surface area contributed by atoms with Crippen molar-refractivity contribution in [2.45, 2.75) is 0 Å². The summed E-state index contributed by atoms with van der Waals surface area (Å²) in [6, 6.07) is 0. The summed E-state index contributed by atoms with van der Waals surface area (Å²) in [7, 11) is 0. The van der Waals surface area contributed by atoms with Gasteiger partial charge in [0.2, 0.25) is 0 Å². The second-order valence-electron chi connectivity index (χ2n) is 2.68. The SMILES string of the molecule is O=C1OC(=O)c2c(Br)c(Br)c(Br)c(Br)c21.P. The Morgan fingerprint density at radius 3 is 1.31 bits per heavy atom. The van der Waals surface area contributed by atoms with Crippen molar-refractivity contribution in [2.24, 2.45) is 0 Å². The Kier molecular flexibility index (Phi) is 4.75. The van der Waals surface area contributed by atoms with Crippen molar-refractivity contribution < 1.29 is 14.3 Å². The van der Waals surface area contributed by atoms with Crippen molar-refractivity contribution in [2.75, 3.05) is 0 Å². The van der Waals surface area contributed by atoms with E-state index in [1.54, 1.807) is 0 Å². The zero-order valence-corrected chi connectivity index (χ0v) is 15.2. The number of ether oxygens (including phenoxy) is 1. The third-order valence-corrected chi connectivity index (χ3v) is 6.63. The number of carbonyl (C=O) groups excluding carboxylic acids is 2. The first-order valence-electron chi connectivity index (χ1n) is 3.57. The molecule has 8 heteroatoms. The smallest absolute Gasteiger partial charge is 0.348 e. The Bertz CT molecular complexity index is 470. The maximum Gasteiger partial charge on any atom is 0.348 e. The van der Waals surface area contributed by atoms with Gasteiger partial charge in [-0.05, 0) is 63.7 Å². The number of benzene rings is 1. The molecule has 1 atom stereocenters. The van der Waals surface area contributed by atoms with E-state index in [4.69, 9.17) is 0 Å². The standard InChI is InChI=1S/C8Br4O3.H3P/c9-3-1-2(8(14)15-7(1)13)4(10)6(12)5(3)11;/h;1H3. The van der Waals surface area contributed by atoms with Crippen molar-refractivity contribution in [3.8, 4) is 0 Å². The molecule has 1 aliphatic rings. The van der Waals surface area contributed by atoms with E-state index in [0.717, 1.165) is 0 Å². The highest BCUT2D eigenvalue weighted by molar-refractivity contribution is 9.15. The summed E-state index contributed by atoms with van der Waals surface area (Å²) in [5.74, 6) is -1.29. The Labute approximate surface area is 128 Å². The Morgan fingerprint density at radius 2 is 1.00 bits per heavy atom. The number of rotatable bonds is 0. The van der Waals surface area contributed by atoms with Crippen molar-refractivity contribution in [3.63, 3.8) is 0 Å². The van der Waals surface area contributed by atoms with E-state index in [1.807, 2.05) is 0 Å². The zero-order valence-electron chi connectivity index (χ0n) is 7.44. The lowest BCUT2D eigenvalue weighted by molar-refractivity contribution is 0.0443. The van der Waals surface area contributed by atoms with Crippen LogP contribution in [-0.2, 0) is 4.74 Å². The summed E-state index contributed by atoms with van der Waals surface area (Å²) in [4.78, 5) is 22.8. The van der Waals surface area contributed by atoms with E-state index in [1.165, 1.54) is 0 Å². The van der Waals surface area contributed by atoms with Gasteiger partial charge >= 0.3 is 11.9 Å². The molecule has 1 heterocycles. The molecule has 0 spiro atoms. The second-order valence-corrected chi connectivity index (χ2v) is 5.85. The lowest BCUT2D eigenvalue weighted by atomic mass is 10.1. The number of cyclic esters (lactones) is 2. The molecule has 1 aromatic rings. The van der Waals surface area contributed by atoms with Crippen molar-refractivity contribution >= 4 is 85.6 Å². The van der Waals surface area contributed by atoms with E-state index in [0.29, 0.717) is 17.9 Å². The number of hydrogen-bond acceptors (Lipinski definition) is 3. The maximum absolute atomic E-state index is 11.4. The molecule has 1 aromatic carbocycles. The largest absolute Gasteiger partial charge is 0.386 e.